The molecule has 0 aromatic carbocycles. The Morgan fingerprint density at radius 2 is 1.80 bits per heavy atom. The van der Waals surface area contributed by atoms with Crippen molar-refractivity contribution in [3.8, 4) is 23.7 Å². The number of hydrogen-bond acceptors (Lipinski definition) is 2. The van der Waals surface area contributed by atoms with E-state index >= 15 is 0 Å². The second kappa shape index (κ2) is 13.0. The largest absolute Gasteiger partial charge is 0.353 e. The van der Waals surface area contributed by atoms with Crippen LogP contribution in [0.25, 0.3) is 0 Å². The second-order valence-electron chi connectivity index (χ2n) is 5.22. The van der Waals surface area contributed by atoms with Crippen LogP contribution >= 0.6 is 0 Å². The lowest BCUT2D eigenvalue weighted by Crippen LogP contribution is -2.22. The van der Waals surface area contributed by atoms with Crippen molar-refractivity contribution in [2.75, 3.05) is 13.2 Å². The minimum Gasteiger partial charge on any atom is -0.353 e. The summed E-state index contributed by atoms with van der Waals surface area (Å²) in [7, 11) is 0. The first kappa shape index (κ1) is 17.1. The first-order chi connectivity index (χ1) is 9.93. The molecule has 1 saturated heterocycles. The van der Waals surface area contributed by atoms with Crippen LogP contribution in [0, 0.1) is 23.7 Å². The third kappa shape index (κ3) is 9.90. The van der Waals surface area contributed by atoms with Gasteiger partial charge < -0.3 is 9.47 Å². The van der Waals surface area contributed by atoms with Gasteiger partial charge in [0.15, 0.2) is 6.29 Å². The molecule has 0 aromatic rings. The van der Waals surface area contributed by atoms with E-state index in [1.54, 1.807) is 0 Å². The van der Waals surface area contributed by atoms with Gasteiger partial charge in [-0.05, 0) is 50.9 Å². The predicted molar refractivity (Wildman–Crippen MR) is 83.1 cm³/mol. The van der Waals surface area contributed by atoms with Gasteiger partial charge in [0.05, 0.1) is 0 Å². The standard InChI is InChI=1S/C18H28O2/c1-2-3-4-5-6-7-8-9-10-11-13-16-19-18-15-12-14-17-20-18/h18H,6-17H2,1H3. The minimum atomic E-state index is 0.0774. The Morgan fingerprint density at radius 1 is 1.00 bits per heavy atom. The summed E-state index contributed by atoms with van der Waals surface area (Å²) in [5.41, 5.74) is 0. The summed E-state index contributed by atoms with van der Waals surface area (Å²) >= 11 is 0. The van der Waals surface area contributed by atoms with E-state index < -0.39 is 0 Å². The van der Waals surface area contributed by atoms with Crippen LogP contribution in [-0.2, 0) is 9.47 Å². The van der Waals surface area contributed by atoms with Gasteiger partial charge in [0, 0.05) is 19.6 Å². The van der Waals surface area contributed by atoms with Crippen molar-refractivity contribution in [1.82, 2.24) is 0 Å². The molecule has 112 valence electrons. The van der Waals surface area contributed by atoms with Crippen LogP contribution in [0.1, 0.15) is 71.1 Å². The van der Waals surface area contributed by atoms with Gasteiger partial charge in [0.25, 0.3) is 0 Å². The molecule has 1 fully saturated rings. The maximum atomic E-state index is 5.71. The normalized spacial score (nSPS) is 17.8. The average molecular weight is 276 g/mol. The van der Waals surface area contributed by atoms with Crippen molar-refractivity contribution in [3.05, 3.63) is 0 Å². The van der Waals surface area contributed by atoms with Gasteiger partial charge in [-0.3, -0.25) is 0 Å². The molecule has 2 nitrogen and oxygen atoms in total. The Balaban J connectivity index is 1.78. The molecule has 0 aromatic heterocycles. The average Bonchev–Trinajstić information content (AvgIpc) is 2.49. The molecular weight excluding hydrogens is 248 g/mol. The lowest BCUT2D eigenvalue weighted by molar-refractivity contribution is -0.162. The van der Waals surface area contributed by atoms with Crippen molar-refractivity contribution < 1.29 is 9.47 Å². The maximum absolute atomic E-state index is 5.71. The predicted octanol–water partition coefficient (Wildman–Crippen LogP) is 4.29. The van der Waals surface area contributed by atoms with E-state index in [1.807, 2.05) is 6.92 Å². The summed E-state index contributed by atoms with van der Waals surface area (Å²) in [6, 6.07) is 0. The molecule has 1 atom stereocenters. The van der Waals surface area contributed by atoms with Gasteiger partial charge in [0.2, 0.25) is 0 Å². The Bertz CT molecular complexity index is 334. The highest BCUT2D eigenvalue weighted by molar-refractivity contribution is 5.24. The summed E-state index contributed by atoms with van der Waals surface area (Å²) in [6.07, 6.45) is 12.1. The quantitative estimate of drug-likeness (QED) is 0.462. The second-order valence-corrected chi connectivity index (χ2v) is 5.22. The first-order valence-electron chi connectivity index (χ1n) is 8.06. The Labute approximate surface area is 124 Å². The molecule has 2 heteroatoms. The van der Waals surface area contributed by atoms with Crippen molar-refractivity contribution in [2.45, 2.75) is 77.4 Å². The van der Waals surface area contributed by atoms with E-state index in [2.05, 4.69) is 23.7 Å². The van der Waals surface area contributed by atoms with Crippen LogP contribution < -0.4 is 0 Å². The van der Waals surface area contributed by atoms with Crippen molar-refractivity contribution in [2.24, 2.45) is 0 Å². The highest BCUT2D eigenvalue weighted by atomic mass is 16.7. The third-order valence-electron chi connectivity index (χ3n) is 3.41. The van der Waals surface area contributed by atoms with Gasteiger partial charge >= 0.3 is 0 Å². The first-order valence-corrected chi connectivity index (χ1v) is 8.06. The summed E-state index contributed by atoms with van der Waals surface area (Å²) in [5, 5.41) is 0. The van der Waals surface area contributed by atoms with Gasteiger partial charge in [-0.1, -0.05) is 37.5 Å². The molecule has 0 N–H and O–H groups in total. The van der Waals surface area contributed by atoms with E-state index in [-0.39, 0.29) is 6.29 Å². The molecule has 20 heavy (non-hydrogen) atoms. The SMILES string of the molecule is CC#CC#CCCCCCCCCOC1CCCCO1. The Morgan fingerprint density at radius 3 is 2.55 bits per heavy atom. The van der Waals surface area contributed by atoms with E-state index in [1.165, 1.54) is 44.9 Å². The highest BCUT2D eigenvalue weighted by Gasteiger charge is 2.13. The number of unbranched alkanes of at least 4 members (excludes halogenated alkanes) is 6. The topological polar surface area (TPSA) is 18.5 Å². The molecule has 0 amide bonds. The summed E-state index contributed by atoms with van der Waals surface area (Å²) in [6.45, 7) is 3.54. The molecule has 1 unspecified atom stereocenters. The monoisotopic (exact) mass is 276 g/mol. The van der Waals surface area contributed by atoms with Crippen molar-refractivity contribution in [3.63, 3.8) is 0 Å². The smallest absolute Gasteiger partial charge is 0.157 e. The molecule has 1 rings (SSSR count). The van der Waals surface area contributed by atoms with E-state index in [0.29, 0.717) is 0 Å². The summed E-state index contributed by atoms with van der Waals surface area (Å²) < 4.78 is 11.2. The van der Waals surface area contributed by atoms with Crippen molar-refractivity contribution >= 4 is 0 Å². The highest BCUT2D eigenvalue weighted by Crippen LogP contribution is 2.14. The summed E-state index contributed by atoms with van der Waals surface area (Å²) in [4.78, 5) is 0. The fourth-order valence-corrected chi connectivity index (χ4v) is 2.25. The molecule has 0 saturated carbocycles. The van der Waals surface area contributed by atoms with Crippen LogP contribution in [0.2, 0.25) is 0 Å². The minimum absolute atomic E-state index is 0.0774. The van der Waals surface area contributed by atoms with Gasteiger partial charge in [-0.2, -0.15) is 0 Å². The van der Waals surface area contributed by atoms with Crippen LogP contribution in [0.5, 0.6) is 0 Å². The summed E-state index contributed by atoms with van der Waals surface area (Å²) in [5.74, 6) is 11.5. The van der Waals surface area contributed by atoms with E-state index in [9.17, 15) is 0 Å². The zero-order valence-corrected chi connectivity index (χ0v) is 12.9. The van der Waals surface area contributed by atoms with Crippen LogP contribution in [0.4, 0.5) is 0 Å². The molecule has 0 radical (unpaired) electrons. The van der Waals surface area contributed by atoms with E-state index in [0.717, 1.165) is 32.5 Å². The molecule has 1 aliphatic heterocycles. The molecule has 0 bridgehead atoms. The number of ether oxygens (including phenoxy) is 2. The lowest BCUT2D eigenvalue weighted by atomic mass is 10.1. The van der Waals surface area contributed by atoms with Crippen molar-refractivity contribution in [1.29, 1.82) is 0 Å². The Hall–Kier alpha value is -0.960. The van der Waals surface area contributed by atoms with Crippen LogP contribution in [0.15, 0.2) is 0 Å². The number of rotatable bonds is 9. The molecule has 0 spiro atoms. The van der Waals surface area contributed by atoms with E-state index in [4.69, 9.17) is 9.47 Å². The zero-order chi connectivity index (χ0) is 14.3. The lowest BCUT2D eigenvalue weighted by Gasteiger charge is -2.22. The maximum Gasteiger partial charge on any atom is 0.157 e. The Kier molecular flexibility index (Phi) is 11.1. The third-order valence-corrected chi connectivity index (χ3v) is 3.41. The van der Waals surface area contributed by atoms with Gasteiger partial charge in [-0.25, -0.2) is 0 Å². The molecule has 1 aliphatic rings. The fourth-order valence-electron chi connectivity index (χ4n) is 2.25. The molecule has 0 aliphatic carbocycles. The fraction of sp³-hybridized carbons (Fsp3) is 0.778. The van der Waals surface area contributed by atoms with Crippen LogP contribution in [-0.4, -0.2) is 19.5 Å². The van der Waals surface area contributed by atoms with Crippen LogP contribution in [0.3, 0.4) is 0 Å². The van der Waals surface area contributed by atoms with Gasteiger partial charge in [0.1, 0.15) is 0 Å². The number of hydrogen-bond donors (Lipinski definition) is 0. The zero-order valence-electron chi connectivity index (χ0n) is 12.9. The molecule has 1 heterocycles. The van der Waals surface area contributed by atoms with Gasteiger partial charge in [-0.15, -0.1) is 0 Å². The molecular formula is C18H28O2.